The maximum Gasteiger partial charge on any atom is 0.234 e. The monoisotopic (exact) mass is 396 g/mol. The summed E-state index contributed by atoms with van der Waals surface area (Å²) in [5.74, 6) is -0.401. The van der Waals surface area contributed by atoms with Gasteiger partial charge in [-0.05, 0) is 30.7 Å². The number of benzene rings is 2. The molecule has 0 aliphatic carbocycles. The van der Waals surface area contributed by atoms with E-state index in [1.165, 1.54) is 0 Å². The molecule has 2 aromatic carbocycles. The molecule has 0 bridgehead atoms. The molecule has 0 aliphatic rings. The molecule has 0 aliphatic heterocycles. The molecule has 136 valence electrons. The second kappa shape index (κ2) is 7.13. The second-order valence-corrected chi connectivity index (χ2v) is 7.66. The van der Waals surface area contributed by atoms with Crippen LogP contribution >= 0.6 is 22.9 Å². The highest BCUT2D eigenvalue weighted by atomic mass is 35.5. The molecular weight excluding hydrogens is 380 g/mol. The number of nitrogens with zero attached hydrogens (tertiary/aromatic N) is 4. The van der Waals surface area contributed by atoms with Crippen molar-refractivity contribution in [2.75, 3.05) is 11.9 Å². The topological polar surface area (TPSA) is 51.0 Å². The largest absolute Gasteiger partial charge is 0.312 e. The fraction of sp³-hybridized carbons (Fsp3) is 0.150. The summed E-state index contributed by atoms with van der Waals surface area (Å²) >= 11 is 7.80. The number of rotatable bonds is 4. The first-order valence-corrected chi connectivity index (χ1v) is 9.66. The van der Waals surface area contributed by atoms with Gasteiger partial charge in [0.1, 0.15) is 0 Å². The zero-order valence-corrected chi connectivity index (χ0v) is 16.4. The lowest BCUT2D eigenvalue weighted by atomic mass is 10.00. The van der Waals surface area contributed by atoms with Crippen LogP contribution in [-0.4, -0.2) is 27.7 Å². The Balaban J connectivity index is 1.58. The highest BCUT2D eigenvalue weighted by Gasteiger charge is 2.23. The van der Waals surface area contributed by atoms with Gasteiger partial charge in [-0.25, -0.2) is 9.67 Å². The van der Waals surface area contributed by atoms with Crippen LogP contribution in [0.2, 0.25) is 5.02 Å². The lowest BCUT2D eigenvalue weighted by Crippen LogP contribution is -2.30. The summed E-state index contributed by atoms with van der Waals surface area (Å²) in [6, 6.07) is 15.4. The molecule has 0 saturated heterocycles. The molecule has 0 radical (unpaired) electrons. The highest BCUT2D eigenvalue weighted by Crippen LogP contribution is 2.28. The minimum absolute atomic E-state index is 0.0491. The summed E-state index contributed by atoms with van der Waals surface area (Å²) in [5, 5.41) is 5.74. The summed E-state index contributed by atoms with van der Waals surface area (Å²) < 4.78 is 2.80. The van der Waals surface area contributed by atoms with E-state index in [2.05, 4.69) is 10.1 Å². The average molecular weight is 397 g/mol. The SMILES string of the molecule is CC(C(=O)N(C)c1cnn(-c2nc3ccccc3s2)c1)c1ccccc1Cl. The van der Waals surface area contributed by atoms with E-state index >= 15 is 0 Å². The van der Waals surface area contributed by atoms with Crippen LogP contribution in [0, 0.1) is 0 Å². The number of para-hydroxylation sites is 1. The highest BCUT2D eigenvalue weighted by molar-refractivity contribution is 7.20. The smallest absolute Gasteiger partial charge is 0.234 e. The van der Waals surface area contributed by atoms with E-state index in [9.17, 15) is 4.79 Å². The molecule has 0 fully saturated rings. The van der Waals surface area contributed by atoms with Gasteiger partial charge in [-0.15, -0.1) is 0 Å². The van der Waals surface area contributed by atoms with Gasteiger partial charge in [0.2, 0.25) is 11.0 Å². The third-order valence-electron chi connectivity index (χ3n) is 4.51. The van der Waals surface area contributed by atoms with Crippen LogP contribution in [0.1, 0.15) is 18.4 Å². The molecule has 0 spiro atoms. The van der Waals surface area contributed by atoms with Crippen LogP contribution in [0.3, 0.4) is 0 Å². The molecule has 1 amide bonds. The standard InChI is InChI=1S/C20H17ClN4OS/c1-13(15-7-3-4-8-16(15)21)19(26)24(2)14-11-22-25(12-14)20-23-17-9-5-6-10-18(17)27-20/h3-13H,1-2H3. The number of amides is 1. The molecule has 2 heterocycles. The molecule has 0 saturated carbocycles. The first kappa shape index (κ1) is 17.7. The number of aromatic nitrogens is 3. The number of halogens is 1. The number of thiazole rings is 1. The first-order chi connectivity index (χ1) is 13.0. The van der Waals surface area contributed by atoms with Gasteiger partial charge in [0, 0.05) is 12.1 Å². The Kier molecular flexibility index (Phi) is 4.68. The van der Waals surface area contributed by atoms with E-state index in [1.807, 2.05) is 55.6 Å². The Morgan fingerprint density at radius 2 is 1.93 bits per heavy atom. The van der Waals surface area contributed by atoms with Crippen molar-refractivity contribution in [1.29, 1.82) is 0 Å². The summed E-state index contributed by atoms with van der Waals surface area (Å²) in [5.41, 5.74) is 2.46. The van der Waals surface area contributed by atoms with Crippen molar-refractivity contribution in [3.8, 4) is 5.13 Å². The predicted molar refractivity (Wildman–Crippen MR) is 110 cm³/mol. The van der Waals surface area contributed by atoms with Crippen molar-refractivity contribution in [1.82, 2.24) is 14.8 Å². The van der Waals surface area contributed by atoms with Crippen molar-refractivity contribution in [2.45, 2.75) is 12.8 Å². The molecule has 1 atom stereocenters. The van der Waals surface area contributed by atoms with Gasteiger partial charge in [0.05, 0.1) is 34.2 Å². The molecule has 4 rings (SSSR count). The van der Waals surface area contributed by atoms with E-state index in [1.54, 1.807) is 40.2 Å². The van der Waals surface area contributed by atoms with Crippen LogP contribution in [0.15, 0.2) is 60.9 Å². The molecule has 5 nitrogen and oxygen atoms in total. The normalized spacial score (nSPS) is 12.3. The number of hydrogen-bond acceptors (Lipinski definition) is 4. The average Bonchev–Trinajstić information content (AvgIpc) is 3.33. The Morgan fingerprint density at radius 3 is 2.70 bits per heavy atom. The number of fused-ring (bicyclic) bond motifs is 1. The first-order valence-electron chi connectivity index (χ1n) is 8.47. The van der Waals surface area contributed by atoms with Crippen LogP contribution in [0.4, 0.5) is 5.69 Å². The van der Waals surface area contributed by atoms with E-state index in [0.717, 1.165) is 20.9 Å². The van der Waals surface area contributed by atoms with E-state index in [4.69, 9.17) is 11.6 Å². The zero-order chi connectivity index (χ0) is 19.0. The molecule has 27 heavy (non-hydrogen) atoms. The molecule has 0 N–H and O–H groups in total. The van der Waals surface area contributed by atoms with Crippen LogP contribution in [0.25, 0.3) is 15.3 Å². The summed E-state index contributed by atoms with van der Waals surface area (Å²) in [4.78, 5) is 19.1. The van der Waals surface area contributed by atoms with Gasteiger partial charge >= 0.3 is 0 Å². The van der Waals surface area contributed by atoms with Gasteiger partial charge in [-0.3, -0.25) is 4.79 Å². The Labute approximate surface area is 165 Å². The third kappa shape index (κ3) is 3.34. The minimum Gasteiger partial charge on any atom is -0.312 e. The summed E-state index contributed by atoms with van der Waals surface area (Å²) in [6.45, 7) is 1.86. The molecule has 1 unspecified atom stereocenters. The number of carbonyl (C=O) groups is 1. The number of carbonyl (C=O) groups excluding carboxylic acids is 1. The fourth-order valence-electron chi connectivity index (χ4n) is 2.93. The lowest BCUT2D eigenvalue weighted by Gasteiger charge is -2.20. The van der Waals surface area contributed by atoms with Crippen LogP contribution < -0.4 is 4.90 Å². The van der Waals surface area contributed by atoms with Crippen molar-refractivity contribution < 1.29 is 4.79 Å². The zero-order valence-electron chi connectivity index (χ0n) is 14.8. The van der Waals surface area contributed by atoms with Gasteiger partial charge in [-0.2, -0.15) is 5.10 Å². The third-order valence-corrected chi connectivity index (χ3v) is 5.88. The van der Waals surface area contributed by atoms with Gasteiger partial charge in [-0.1, -0.05) is 53.3 Å². The fourth-order valence-corrected chi connectivity index (χ4v) is 4.12. The number of anilines is 1. The number of likely N-dealkylation sites (N-methyl/N-ethyl adjacent to an activating group) is 1. The molecular formula is C20H17ClN4OS. The second-order valence-electron chi connectivity index (χ2n) is 6.25. The Bertz CT molecular complexity index is 1090. The maximum absolute atomic E-state index is 12.9. The van der Waals surface area contributed by atoms with Crippen molar-refractivity contribution in [2.24, 2.45) is 0 Å². The Morgan fingerprint density at radius 1 is 1.19 bits per heavy atom. The predicted octanol–water partition coefficient (Wildman–Crippen LogP) is 4.90. The van der Waals surface area contributed by atoms with E-state index in [0.29, 0.717) is 10.7 Å². The van der Waals surface area contributed by atoms with Crippen LogP contribution in [0.5, 0.6) is 0 Å². The molecule has 7 heteroatoms. The van der Waals surface area contributed by atoms with Crippen molar-refractivity contribution in [3.63, 3.8) is 0 Å². The number of hydrogen-bond donors (Lipinski definition) is 0. The summed E-state index contributed by atoms with van der Waals surface area (Å²) in [7, 11) is 1.75. The maximum atomic E-state index is 12.9. The van der Waals surface area contributed by atoms with E-state index < -0.39 is 0 Å². The Hall–Kier alpha value is -2.70. The van der Waals surface area contributed by atoms with E-state index in [-0.39, 0.29) is 11.8 Å². The van der Waals surface area contributed by atoms with Gasteiger partial charge in [0.25, 0.3) is 0 Å². The van der Waals surface area contributed by atoms with Crippen molar-refractivity contribution >= 4 is 44.7 Å². The quantitative estimate of drug-likeness (QED) is 0.493. The lowest BCUT2D eigenvalue weighted by molar-refractivity contribution is -0.119. The molecule has 2 aromatic heterocycles. The van der Waals surface area contributed by atoms with Crippen LogP contribution in [-0.2, 0) is 4.79 Å². The van der Waals surface area contributed by atoms with Gasteiger partial charge < -0.3 is 4.90 Å². The summed E-state index contributed by atoms with van der Waals surface area (Å²) in [6.07, 6.45) is 3.48. The van der Waals surface area contributed by atoms with Gasteiger partial charge in [0.15, 0.2) is 0 Å². The minimum atomic E-state index is -0.352. The van der Waals surface area contributed by atoms with Crippen molar-refractivity contribution in [3.05, 3.63) is 71.5 Å². The molecule has 4 aromatic rings.